The largest absolute Gasteiger partial charge is 0.454 e. The van der Waals surface area contributed by atoms with Gasteiger partial charge in [0, 0.05) is 0 Å². The number of nitrogen functional groups attached to an aromatic ring is 1. The Morgan fingerprint density at radius 1 is 1.24 bits per heavy atom. The van der Waals surface area contributed by atoms with Gasteiger partial charge in [-0.05, 0) is 22.4 Å². The second-order valence-electron chi connectivity index (χ2n) is 4.94. The maximum Gasteiger partial charge on any atom is 0.326 e. The van der Waals surface area contributed by atoms with Crippen LogP contribution in [0.3, 0.4) is 0 Å². The molecule has 0 aliphatic carbocycles. The lowest BCUT2D eigenvalue weighted by atomic mass is 10.1. The first-order valence-electron chi connectivity index (χ1n) is 6.96. The summed E-state index contributed by atoms with van der Waals surface area (Å²) in [4.78, 5) is 48.2. The molecule has 0 saturated heterocycles. The van der Waals surface area contributed by atoms with Crippen molar-refractivity contribution < 1.29 is 28.5 Å². The Labute approximate surface area is 139 Å². The molecule has 1 aromatic carbocycles. The Balaban J connectivity index is 1.56. The molecule has 3 rings (SSSR count). The molecule has 0 fully saturated rings. The third kappa shape index (κ3) is 3.15. The van der Waals surface area contributed by atoms with E-state index < -0.39 is 36.7 Å². The van der Waals surface area contributed by atoms with Gasteiger partial charge < -0.3 is 15.8 Å². The van der Waals surface area contributed by atoms with Gasteiger partial charge in [0.25, 0.3) is 17.6 Å². The number of nitrogens with two attached hydrogens (primary N) is 1. The van der Waals surface area contributed by atoms with Crippen LogP contribution in [-0.2, 0) is 19.1 Å². The van der Waals surface area contributed by atoms with E-state index in [1.54, 1.807) is 18.2 Å². The molecular formula is C14H11N5O6. The van der Waals surface area contributed by atoms with Crippen molar-refractivity contribution in [2.45, 2.75) is 0 Å². The Morgan fingerprint density at radius 3 is 2.72 bits per heavy atom. The van der Waals surface area contributed by atoms with E-state index in [4.69, 9.17) is 10.5 Å². The summed E-state index contributed by atoms with van der Waals surface area (Å²) in [6, 6.07) is 6.27. The molecule has 128 valence electrons. The van der Waals surface area contributed by atoms with Gasteiger partial charge >= 0.3 is 5.97 Å². The summed E-state index contributed by atoms with van der Waals surface area (Å²) in [5.41, 5.74) is 5.90. The smallest absolute Gasteiger partial charge is 0.326 e. The zero-order valence-electron chi connectivity index (χ0n) is 12.6. The maximum absolute atomic E-state index is 11.9. The maximum atomic E-state index is 11.9. The number of benzene rings is 1. The number of hydrogen-bond acceptors (Lipinski definition) is 9. The van der Waals surface area contributed by atoms with Crippen molar-refractivity contribution in [1.82, 2.24) is 10.3 Å². The van der Waals surface area contributed by atoms with Crippen LogP contribution in [0.1, 0.15) is 10.4 Å². The van der Waals surface area contributed by atoms with Gasteiger partial charge in [-0.1, -0.05) is 12.1 Å². The molecule has 0 atom stereocenters. The highest BCUT2D eigenvalue weighted by Gasteiger charge is 2.36. The number of carbonyl (C=O) groups is 4. The molecule has 2 aromatic rings. The Kier molecular flexibility index (Phi) is 4.12. The highest BCUT2D eigenvalue weighted by Crippen LogP contribution is 2.28. The minimum atomic E-state index is -0.862. The number of ether oxygens (including phenoxy) is 1. The standard InChI is InChI=1S/C14H11N5O6/c15-12-13(18-25-17-12)16-9(20)6-24-10(21)5-19-8-4-2-1-3-7(8)11(22)14(19)23/h1-4H,5-6H2,(H2,15,17)(H,16,18,20). The molecule has 2 amide bonds. The SMILES string of the molecule is Nc1nonc1NC(=O)COC(=O)CN1C(=O)C(=O)c2ccccc21. The van der Waals surface area contributed by atoms with Gasteiger partial charge in [-0.15, -0.1) is 0 Å². The highest BCUT2D eigenvalue weighted by atomic mass is 16.6. The van der Waals surface area contributed by atoms with E-state index in [9.17, 15) is 19.2 Å². The van der Waals surface area contributed by atoms with Crippen LogP contribution >= 0.6 is 0 Å². The van der Waals surface area contributed by atoms with E-state index in [0.717, 1.165) is 4.90 Å². The molecule has 0 spiro atoms. The molecule has 0 saturated carbocycles. The Morgan fingerprint density at radius 2 is 2.00 bits per heavy atom. The second kappa shape index (κ2) is 6.39. The molecule has 3 N–H and O–H groups in total. The number of hydrogen-bond donors (Lipinski definition) is 2. The fourth-order valence-corrected chi connectivity index (χ4v) is 2.18. The number of anilines is 3. The summed E-state index contributed by atoms with van der Waals surface area (Å²) >= 11 is 0. The Bertz CT molecular complexity index is 876. The first kappa shape index (κ1) is 16.1. The number of aromatic nitrogens is 2. The molecule has 2 heterocycles. The van der Waals surface area contributed by atoms with E-state index in [0.29, 0.717) is 5.69 Å². The second-order valence-corrected chi connectivity index (χ2v) is 4.94. The van der Waals surface area contributed by atoms with Gasteiger partial charge in [0.15, 0.2) is 6.61 Å². The van der Waals surface area contributed by atoms with Crippen molar-refractivity contribution >= 4 is 40.9 Å². The van der Waals surface area contributed by atoms with Crippen LogP contribution in [0.5, 0.6) is 0 Å². The molecule has 0 radical (unpaired) electrons. The molecule has 11 nitrogen and oxygen atoms in total. The first-order valence-corrected chi connectivity index (χ1v) is 6.96. The zero-order chi connectivity index (χ0) is 18.0. The fraction of sp³-hybridized carbons (Fsp3) is 0.143. The summed E-state index contributed by atoms with van der Waals surface area (Å²) in [5, 5.41) is 8.83. The molecule has 0 unspecified atom stereocenters. The first-order chi connectivity index (χ1) is 12.0. The van der Waals surface area contributed by atoms with E-state index in [2.05, 4.69) is 20.3 Å². The summed E-state index contributed by atoms with van der Waals surface area (Å²) in [7, 11) is 0. The average Bonchev–Trinajstić information content (AvgIpc) is 3.10. The van der Waals surface area contributed by atoms with Gasteiger partial charge in [-0.3, -0.25) is 24.1 Å². The molecule has 11 heteroatoms. The number of para-hydroxylation sites is 1. The predicted octanol–water partition coefficient (Wildman–Crippen LogP) is -0.637. The molecule has 1 aromatic heterocycles. The van der Waals surface area contributed by atoms with Gasteiger partial charge in [0.05, 0.1) is 11.3 Å². The number of Topliss-reactive ketones (excluding diaryl/α,β-unsaturated/α-hetero) is 1. The third-order valence-corrected chi connectivity index (χ3v) is 3.30. The molecule has 1 aliphatic rings. The molecule has 0 bridgehead atoms. The number of rotatable bonds is 5. The number of nitrogens with zero attached hydrogens (tertiary/aromatic N) is 3. The summed E-state index contributed by atoms with van der Waals surface area (Å²) in [6.45, 7) is -1.13. The van der Waals surface area contributed by atoms with Gasteiger partial charge in [0.2, 0.25) is 11.6 Å². The van der Waals surface area contributed by atoms with Crippen LogP contribution < -0.4 is 16.0 Å². The van der Waals surface area contributed by atoms with Crippen molar-refractivity contribution in [1.29, 1.82) is 0 Å². The van der Waals surface area contributed by atoms with Gasteiger partial charge in [0.1, 0.15) is 6.54 Å². The minimum Gasteiger partial charge on any atom is -0.454 e. The summed E-state index contributed by atoms with van der Waals surface area (Å²) in [6.07, 6.45) is 0. The molecular weight excluding hydrogens is 334 g/mol. The van der Waals surface area contributed by atoms with E-state index in [1.165, 1.54) is 6.07 Å². The van der Waals surface area contributed by atoms with Crippen LogP contribution in [0.2, 0.25) is 0 Å². The lowest BCUT2D eigenvalue weighted by Crippen LogP contribution is -2.36. The average molecular weight is 345 g/mol. The normalized spacial score (nSPS) is 12.9. The van der Waals surface area contributed by atoms with Crippen LogP contribution in [-0.4, -0.2) is 47.0 Å². The highest BCUT2D eigenvalue weighted by molar-refractivity contribution is 6.52. The van der Waals surface area contributed by atoms with Crippen molar-refractivity contribution in [2.24, 2.45) is 0 Å². The van der Waals surface area contributed by atoms with Crippen LogP contribution in [0.15, 0.2) is 28.9 Å². The summed E-state index contributed by atoms with van der Waals surface area (Å²) < 4.78 is 9.07. The topological polar surface area (TPSA) is 158 Å². The Hall–Kier alpha value is -3.76. The van der Waals surface area contributed by atoms with Crippen molar-refractivity contribution in [3.05, 3.63) is 29.8 Å². The van der Waals surface area contributed by atoms with E-state index in [1.807, 2.05) is 0 Å². The van der Waals surface area contributed by atoms with E-state index in [-0.39, 0.29) is 17.2 Å². The number of carbonyl (C=O) groups excluding carboxylic acids is 4. The lowest BCUT2D eigenvalue weighted by molar-refractivity contribution is -0.146. The number of nitrogens with one attached hydrogen (secondary N) is 1. The van der Waals surface area contributed by atoms with Crippen molar-refractivity contribution in [3.8, 4) is 0 Å². The van der Waals surface area contributed by atoms with Crippen molar-refractivity contribution in [2.75, 3.05) is 29.1 Å². The third-order valence-electron chi connectivity index (χ3n) is 3.30. The van der Waals surface area contributed by atoms with Crippen LogP contribution in [0, 0.1) is 0 Å². The van der Waals surface area contributed by atoms with Crippen molar-refractivity contribution in [3.63, 3.8) is 0 Å². The predicted molar refractivity (Wildman–Crippen MR) is 81.4 cm³/mol. The van der Waals surface area contributed by atoms with Gasteiger partial charge in [-0.25, -0.2) is 4.63 Å². The molecule has 25 heavy (non-hydrogen) atoms. The number of fused-ring (bicyclic) bond motifs is 1. The fourth-order valence-electron chi connectivity index (χ4n) is 2.18. The summed E-state index contributed by atoms with van der Waals surface area (Å²) in [5.74, 6) is -3.34. The van der Waals surface area contributed by atoms with E-state index >= 15 is 0 Å². The number of ketones is 1. The van der Waals surface area contributed by atoms with Crippen LogP contribution in [0.25, 0.3) is 0 Å². The van der Waals surface area contributed by atoms with Crippen LogP contribution in [0.4, 0.5) is 17.3 Å². The number of amides is 2. The zero-order valence-corrected chi connectivity index (χ0v) is 12.6. The molecule has 1 aliphatic heterocycles. The number of esters is 1. The minimum absolute atomic E-state index is 0.102. The monoisotopic (exact) mass is 345 g/mol. The quantitative estimate of drug-likeness (QED) is 0.531. The van der Waals surface area contributed by atoms with Gasteiger partial charge in [-0.2, -0.15) is 0 Å². The lowest BCUT2D eigenvalue weighted by Gasteiger charge is -2.15.